The van der Waals surface area contributed by atoms with E-state index >= 15 is 0 Å². The Kier molecular flexibility index (Phi) is 6.88. The van der Waals surface area contributed by atoms with Crippen LogP contribution in [0.4, 0.5) is 10.7 Å². The molecule has 3 aromatic heterocycles. The van der Waals surface area contributed by atoms with Crippen molar-refractivity contribution >= 4 is 23.1 Å². The van der Waals surface area contributed by atoms with E-state index in [0.29, 0.717) is 29.4 Å². The summed E-state index contributed by atoms with van der Waals surface area (Å²) >= 11 is 0. The van der Waals surface area contributed by atoms with Crippen molar-refractivity contribution in [2.45, 2.75) is 39.4 Å². The van der Waals surface area contributed by atoms with Crippen LogP contribution in [-0.2, 0) is 11.3 Å². The molecule has 2 atom stereocenters. The Morgan fingerprint density at radius 2 is 1.89 bits per heavy atom. The van der Waals surface area contributed by atoms with E-state index in [9.17, 15) is 4.79 Å². The molecule has 0 aliphatic carbocycles. The van der Waals surface area contributed by atoms with Crippen LogP contribution in [0.15, 0.2) is 48.9 Å². The second-order valence-corrected chi connectivity index (χ2v) is 9.12. The highest BCUT2D eigenvalue weighted by molar-refractivity contribution is 5.96. The molecule has 186 valence electrons. The highest BCUT2D eigenvalue weighted by Gasteiger charge is 2.21. The first-order valence-electron chi connectivity index (χ1n) is 12.2. The molecule has 3 N–H and O–H groups in total. The standard InChI is InChI=1S/C26H30N8O2/c1-4-36-26(35)33-25-31-22-11-19(10-21(23(22)32-25)24-27-8-5-9-28-24)18-6-7-20(29-12-18)15-34-13-16(2)30-17(3)14-34/h5-12,16-17,30H,4,13-15H2,1-3H3,(H2,31,32,33,35)/t16-,17+. The molecule has 1 aliphatic heterocycles. The third-order valence-corrected chi connectivity index (χ3v) is 6.07. The molecule has 1 aromatic carbocycles. The third-order valence-electron chi connectivity index (χ3n) is 6.07. The van der Waals surface area contributed by atoms with Gasteiger partial charge in [-0.15, -0.1) is 0 Å². The Bertz CT molecular complexity index is 1330. The van der Waals surface area contributed by atoms with Gasteiger partial charge in [-0.05, 0) is 50.6 Å². The molecule has 1 amide bonds. The second kappa shape index (κ2) is 10.4. The first-order chi connectivity index (χ1) is 17.5. The number of amides is 1. The highest BCUT2D eigenvalue weighted by atomic mass is 16.5. The lowest BCUT2D eigenvalue weighted by atomic mass is 10.0. The molecule has 0 bridgehead atoms. The van der Waals surface area contributed by atoms with Gasteiger partial charge < -0.3 is 15.0 Å². The number of aromatic nitrogens is 5. The second-order valence-electron chi connectivity index (χ2n) is 9.12. The minimum Gasteiger partial charge on any atom is -0.450 e. The zero-order valence-corrected chi connectivity index (χ0v) is 20.7. The van der Waals surface area contributed by atoms with E-state index in [4.69, 9.17) is 9.72 Å². The SMILES string of the molecule is CCOC(=O)Nc1nc2cc(-c3ccc(CN4C[C@@H](C)N[C@@H](C)C4)nc3)cc(-c3ncccn3)c2[nH]1. The summed E-state index contributed by atoms with van der Waals surface area (Å²) in [6, 6.07) is 10.8. The van der Waals surface area contributed by atoms with Crippen molar-refractivity contribution in [2.24, 2.45) is 0 Å². The van der Waals surface area contributed by atoms with Crippen LogP contribution in [0.2, 0.25) is 0 Å². The summed E-state index contributed by atoms with van der Waals surface area (Å²) in [6.07, 6.45) is 4.72. The summed E-state index contributed by atoms with van der Waals surface area (Å²) in [5.41, 5.74) is 5.11. The van der Waals surface area contributed by atoms with Crippen LogP contribution >= 0.6 is 0 Å². The van der Waals surface area contributed by atoms with Crippen molar-refractivity contribution in [3.63, 3.8) is 0 Å². The number of pyridine rings is 1. The fourth-order valence-corrected chi connectivity index (χ4v) is 4.70. The van der Waals surface area contributed by atoms with E-state index in [1.807, 2.05) is 18.3 Å². The Hall–Kier alpha value is -3.89. The molecule has 5 rings (SSSR count). The number of hydrogen-bond donors (Lipinski definition) is 3. The average molecular weight is 487 g/mol. The molecule has 1 fully saturated rings. The van der Waals surface area contributed by atoms with Crippen LogP contribution in [0.5, 0.6) is 0 Å². The summed E-state index contributed by atoms with van der Waals surface area (Å²) in [5, 5.41) is 6.20. The lowest BCUT2D eigenvalue weighted by Gasteiger charge is -2.35. The van der Waals surface area contributed by atoms with E-state index in [1.54, 1.807) is 25.4 Å². The molecule has 1 saturated heterocycles. The van der Waals surface area contributed by atoms with Gasteiger partial charge >= 0.3 is 6.09 Å². The number of nitrogens with one attached hydrogen (secondary N) is 3. The summed E-state index contributed by atoms with van der Waals surface area (Å²) < 4.78 is 4.98. The number of fused-ring (bicyclic) bond motifs is 1. The third kappa shape index (κ3) is 5.34. The topological polar surface area (TPSA) is 121 Å². The molecule has 10 heteroatoms. The summed E-state index contributed by atoms with van der Waals surface area (Å²) in [6.45, 7) is 9.28. The van der Waals surface area contributed by atoms with Crippen LogP contribution in [0, 0.1) is 0 Å². The summed E-state index contributed by atoms with van der Waals surface area (Å²) in [5.74, 6) is 0.855. The van der Waals surface area contributed by atoms with Crippen molar-refractivity contribution in [2.75, 3.05) is 25.0 Å². The van der Waals surface area contributed by atoms with Crippen molar-refractivity contribution in [3.05, 3.63) is 54.6 Å². The molecule has 0 spiro atoms. The number of piperazine rings is 1. The molecule has 4 heterocycles. The number of aromatic amines is 1. The van der Waals surface area contributed by atoms with Crippen LogP contribution in [0.1, 0.15) is 26.5 Å². The molecular formula is C26H30N8O2. The average Bonchev–Trinajstić information content (AvgIpc) is 3.26. The number of nitrogens with zero attached hydrogens (tertiary/aromatic N) is 5. The highest BCUT2D eigenvalue weighted by Crippen LogP contribution is 2.32. The van der Waals surface area contributed by atoms with Gasteiger partial charge in [0.05, 0.1) is 23.3 Å². The van der Waals surface area contributed by atoms with Crippen molar-refractivity contribution in [1.29, 1.82) is 0 Å². The maximum absolute atomic E-state index is 11.9. The summed E-state index contributed by atoms with van der Waals surface area (Å²) in [4.78, 5) is 35.7. The largest absolute Gasteiger partial charge is 0.450 e. The molecule has 10 nitrogen and oxygen atoms in total. The molecular weight excluding hydrogens is 456 g/mol. The zero-order valence-electron chi connectivity index (χ0n) is 20.7. The van der Waals surface area contributed by atoms with Gasteiger partial charge in [0.15, 0.2) is 5.82 Å². The number of rotatable bonds is 6. The fraction of sp³-hybridized carbons (Fsp3) is 0.346. The fourth-order valence-electron chi connectivity index (χ4n) is 4.70. The van der Waals surface area contributed by atoms with Crippen LogP contribution in [0.25, 0.3) is 33.5 Å². The number of H-pyrrole nitrogens is 1. The van der Waals surface area contributed by atoms with Crippen LogP contribution in [0.3, 0.4) is 0 Å². The predicted molar refractivity (Wildman–Crippen MR) is 138 cm³/mol. The number of anilines is 1. The number of imidazole rings is 1. The van der Waals surface area contributed by atoms with Gasteiger partial charge in [0.2, 0.25) is 5.95 Å². The Morgan fingerprint density at radius 1 is 1.11 bits per heavy atom. The van der Waals surface area contributed by atoms with E-state index < -0.39 is 6.09 Å². The van der Waals surface area contributed by atoms with Gasteiger partial charge in [-0.25, -0.2) is 19.7 Å². The van der Waals surface area contributed by atoms with Gasteiger partial charge in [-0.1, -0.05) is 6.07 Å². The quantitative estimate of drug-likeness (QED) is 0.376. The van der Waals surface area contributed by atoms with Gasteiger partial charge in [-0.3, -0.25) is 15.2 Å². The minimum absolute atomic E-state index is 0.273. The maximum Gasteiger partial charge on any atom is 0.413 e. The number of carbonyl (C=O) groups excluding carboxylic acids is 1. The molecule has 0 unspecified atom stereocenters. The number of hydrogen-bond acceptors (Lipinski definition) is 8. The van der Waals surface area contributed by atoms with E-state index in [1.165, 1.54) is 0 Å². The zero-order chi connectivity index (χ0) is 25.1. The van der Waals surface area contributed by atoms with E-state index in [2.05, 4.69) is 61.4 Å². The Labute approximate surface area is 209 Å². The van der Waals surface area contributed by atoms with Crippen LogP contribution < -0.4 is 10.6 Å². The summed E-state index contributed by atoms with van der Waals surface area (Å²) in [7, 11) is 0. The van der Waals surface area contributed by atoms with Gasteiger partial charge in [0, 0.05) is 61.4 Å². The first-order valence-corrected chi connectivity index (χ1v) is 12.2. The monoisotopic (exact) mass is 486 g/mol. The van der Waals surface area contributed by atoms with Gasteiger partial charge in [-0.2, -0.15) is 0 Å². The number of benzene rings is 1. The van der Waals surface area contributed by atoms with Crippen molar-refractivity contribution < 1.29 is 9.53 Å². The molecule has 4 aromatic rings. The predicted octanol–water partition coefficient (Wildman–Crippen LogP) is 3.83. The Morgan fingerprint density at radius 3 is 2.58 bits per heavy atom. The normalized spacial score (nSPS) is 18.3. The molecule has 1 aliphatic rings. The van der Waals surface area contributed by atoms with E-state index in [0.717, 1.165) is 47.5 Å². The lowest BCUT2D eigenvalue weighted by Crippen LogP contribution is -2.53. The van der Waals surface area contributed by atoms with Crippen molar-refractivity contribution in [1.82, 2.24) is 35.1 Å². The van der Waals surface area contributed by atoms with Gasteiger partial charge in [0.25, 0.3) is 0 Å². The first kappa shape index (κ1) is 23.8. The van der Waals surface area contributed by atoms with Crippen LogP contribution in [-0.4, -0.2) is 67.7 Å². The maximum atomic E-state index is 11.9. The lowest BCUT2D eigenvalue weighted by molar-refractivity contribution is 0.165. The van der Waals surface area contributed by atoms with E-state index in [-0.39, 0.29) is 6.61 Å². The smallest absolute Gasteiger partial charge is 0.413 e. The minimum atomic E-state index is -0.567. The molecule has 0 radical (unpaired) electrons. The Balaban J connectivity index is 1.46. The van der Waals surface area contributed by atoms with Crippen molar-refractivity contribution in [3.8, 4) is 22.5 Å². The number of ether oxygens (including phenoxy) is 1. The number of carbonyl (C=O) groups is 1. The van der Waals surface area contributed by atoms with Gasteiger partial charge in [0.1, 0.15) is 0 Å². The molecule has 0 saturated carbocycles. The molecule has 36 heavy (non-hydrogen) atoms.